The molecule has 0 saturated carbocycles. The molecule has 0 aliphatic rings. The van der Waals surface area contributed by atoms with E-state index >= 15 is 0 Å². The lowest BCUT2D eigenvalue weighted by molar-refractivity contribution is 0.449. The quantitative estimate of drug-likeness (QED) is 0.646. The summed E-state index contributed by atoms with van der Waals surface area (Å²) in [5.74, 6) is 1.76. The van der Waals surface area contributed by atoms with Crippen LogP contribution in [0.15, 0.2) is 22.8 Å². The van der Waals surface area contributed by atoms with Crippen LogP contribution < -0.4 is 11.1 Å². The zero-order valence-electron chi connectivity index (χ0n) is 9.54. The van der Waals surface area contributed by atoms with Crippen LogP contribution in [-0.2, 0) is 6.54 Å². The maximum absolute atomic E-state index is 5.50. The number of rotatable bonds is 8. The van der Waals surface area contributed by atoms with Crippen LogP contribution >= 0.6 is 0 Å². The molecular formula is C12H22N2O. The minimum absolute atomic E-state index is 0.750. The molecule has 0 radical (unpaired) electrons. The maximum Gasteiger partial charge on any atom is 0.117 e. The van der Waals surface area contributed by atoms with E-state index in [4.69, 9.17) is 10.2 Å². The number of hydrogen-bond acceptors (Lipinski definition) is 3. The molecule has 3 N–H and O–H groups in total. The molecule has 0 fully saturated rings. The van der Waals surface area contributed by atoms with Crippen molar-refractivity contribution in [3.8, 4) is 0 Å². The molecule has 0 amide bonds. The first-order valence-electron chi connectivity index (χ1n) is 5.76. The summed E-state index contributed by atoms with van der Waals surface area (Å²) in [5, 5.41) is 3.36. The Morgan fingerprint density at radius 2 is 2.33 bits per heavy atom. The van der Waals surface area contributed by atoms with Crippen molar-refractivity contribution >= 4 is 0 Å². The SMILES string of the molecule is CC(CCN)CCCNCc1ccco1. The van der Waals surface area contributed by atoms with Gasteiger partial charge in [-0.2, -0.15) is 0 Å². The fourth-order valence-electron chi connectivity index (χ4n) is 1.63. The molecule has 3 heteroatoms. The van der Waals surface area contributed by atoms with E-state index in [1.807, 2.05) is 12.1 Å². The lowest BCUT2D eigenvalue weighted by Gasteiger charge is -2.09. The van der Waals surface area contributed by atoms with Crippen molar-refractivity contribution in [2.75, 3.05) is 13.1 Å². The van der Waals surface area contributed by atoms with Crippen molar-refractivity contribution in [2.24, 2.45) is 11.7 Å². The molecule has 15 heavy (non-hydrogen) atoms. The first kappa shape index (κ1) is 12.3. The molecule has 1 aromatic rings. The summed E-state index contributed by atoms with van der Waals surface area (Å²) in [5.41, 5.74) is 5.50. The summed E-state index contributed by atoms with van der Waals surface area (Å²) in [4.78, 5) is 0. The van der Waals surface area contributed by atoms with Gasteiger partial charge in [-0.3, -0.25) is 0 Å². The van der Waals surface area contributed by atoms with E-state index < -0.39 is 0 Å². The molecule has 0 aliphatic heterocycles. The minimum Gasteiger partial charge on any atom is -0.468 e. The van der Waals surface area contributed by atoms with Gasteiger partial charge in [0.15, 0.2) is 0 Å². The highest BCUT2D eigenvalue weighted by Crippen LogP contribution is 2.08. The molecule has 1 rings (SSSR count). The van der Waals surface area contributed by atoms with Crippen LogP contribution in [0, 0.1) is 5.92 Å². The Morgan fingerprint density at radius 1 is 1.47 bits per heavy atom. The predicted molar refractivity (Wildman–Crippen MR) is 62.5 cm³/mol. The van der Waals surface area contributed by atoms with Gasteiger partial charge in [-0.05, 0) is 50.4 Å². The number of hydrogen-bond donors (Lipinski definition) is 2. The summed E-state index contributed by atoms with van der Waals surface area (Å²) >= 11 is 0. The Labute approximate surface area is 92.0 Å². The molecule has 1 atom stereocenters. The summed E-state index contributed by atoms with van der Waals surface area (Å²) in [7, 11) is 0. The average molecular weight is 210 g/mol. The van der Waals surface area contributed by atoms with Gasteiger partial charge in [-0.15, -0.1) is 0 Å². The summed E-state index contributed by atoms with van der Waals surface area (Å²) in [6.07, 6.45) is 5.31. The molecule has 86 valence electrons. The van der Waals surface area contributed by atoms with Gasteiger partial charge in [0.1, 0.15) is 5.76 Å². The zero-order valence-corrected chi connectivity index (χ0v) is 9.54. The molecule has 0 saturated heterocycles. The van der Waals surface area contributed by atoms with Crippen molar-refractivity contribution in [1.82, 2.24) is 5.32 Å². The fraction of sp³-hybridized carbons (Fsp3) is 0.667. The molecule has 0 aliphatic carbocycles. The second-order valence-electron chi connectivity index (χ2n) is 4.08. The van der Waals surface area contributed by atoms with Crippen LogP contribution in [0.5, 0.6) is 0 Å². The van der Waals surface area contributed by atoms with E-state index in [-0.39, 0.29) is 0 Å². The minimum atomic E-state index is 0.750. The number of nitrogens with two attached hydrogens (primary N) is 1. The van der Waals surface area contributed by atoms with Crippen molar-refractivity contribution in [3.05, 3.63) is 24.2 Å². The first-order chi connectivity index (χ1) is 7.33. The summed E-state index contributed by atoms with van der Waals surface area (Å²) in [6.45, 7) is 4.95. The summed E-state index contributed by atoms with van der Waals surface area (Å²) < 4.78 is 5.22. The van der Waals surface area contributed by atoms with Gasteiger partial charge in [0.2, 0.25) is 0 Å². The van der Waals surface area contributed by atoms with Crippen molar-refractivity contribution in [1.29, 1.82) is 0 Å². The van der Waals surface area contributed by atoms with Gasteiger partial charge in [0, 0.05) is 0 Å². The van der Waals surface area contributed by atoms with E-state index in [0.717, 1.165) is 37.7 Å². The van der Waals surface area contributed by atoms with Gasteiger partial charge in [0.05, 0.1) is 12.8 Å². The molecule has 0 spiro atoms. The highest BCUT2D eigenvalue weighted by atomic mass is 16.3. The van der Waals surface area contributed by atoms with Gasteiger partial charge < -0.3 is 15.5 Å². The highest BCUT2D eigenvalue weighted by Gasteiger charge is 2.00. The predicted octanol–water partition coefficient (Wildman–Crippen LogP) is 2.13. The van der Waals surface area contributed by atoms with Crippen LogP contribution in [-0.4, -0.2) is 13.1 Å². The van der Waals surface area contributed by atoms with Gasteiger partial charge >= 0.3 is 0 Å². The largest absolute Gasteiger partial charge is 0.468 e. The first-order valence-corrected chi connectivity index (χ1v) is 5.76. The Balaban J connectivity index is 1.93. The molecule has 1 aromatic heterocycles. The Kier molecular flexibility index (Phi) is 6.12. The molecule has 0 bridgehead atoms. The third-order valence-electron chi connectivity index (χ3n) is 2.59. The van der Waals surface area contributed by atoms with E-state index in [2.05, 4.69) is 12.2 Å². The van der Waals surface area contributed by atoms with E-state index in [1.165, 1.54) is 12.8 Å². The van der Waals surface area contributed by atoms with Crippen molar-refractivity contribution in [2.45, 2.75) is 32.7 Å². The second kappa shape index (κ2) is 7.49. The van der Waals surface area contributed by atoms with E-state index in [9.17, 15) is 0 Å². The summed E-state index contributed by atoms with van der Waals surface area (Å²) in [6, 6.07) is 3.91. The van der Waals surface area contributed by atoms with Crippen LogP contribution in [0.4, 0.5) is 0 Å². The third-order valence-corrected chi connectivity index (χ3v) is 2.59. The molecular weight excluding hydrogens is 188 g/mol. The van der Waals surface area contributed by atoms with Gasteiger partial charge in [-0.25, -0.2) is 0 Å². The Morgan fingerprint density at radius 3 is 3.00 bits per heavy atom. The van der Waals surface area contributed by atoms with Crippen LogP contribution in [0.1, 0.15) is 31.9 Å². The smallest absolute Gasteiger partial charge is 0.117 e. The molecule has 3 nitrogen and oxygen atoms in total. The topological polar surface area (TPSA) is 51.2 Å². The normalized spacial score (nSPS) is 12.9. The molecule has 0 aromatic carbocycles. The molecule has 1 heterocycles. The van der Waals surface area contributed by atoms with Crippen LogP contribution in [0.3, 0.4) is 0 Å². The van der Waals surface area contributed by atoms with E-state index in [0.29, 0.717) is 0 Å². The lowest BCUT2D eigenvalue weighted by atomic mass is 10.0. The zero-order chi connectivity index (χ0) is 10.9. The Hall–Kier alpha value is -0.800. The van der Waals surface area contributed by atoms with Gasteiger partial charge in [-0.1, -0.05) is 6.92 Å². The van der Waals surface area contributed by atoms with Crippen LogP contribution in [0.2, 0.25) is 0 Å². The second-order valence-corrected chi connectivity index (χ2v) is 4.08. The highest BCUT2D eigenvalue weighted by molar-refractivity contribution is 4.97. The maximum atomic E-state index is 5.50. The monoisotopic (exact) mass is 210 g/mol. The standard InChI is InChI=1S/C12H22N2O/c1-11(6-7-13)4-2-8-14-10-12-5-3-9-15-12/h3,5,9,11,14H,2,4,6-8,10,13H2,1H3. The Bertz CT molecular complexity index is 234. The number of nitrogens with one attached hydrogen (secondary N) is 1. The van der Waals surface area contributed by atoms with Gasteiger partial charge in [0.25, 0.3) is 0 Å². The van der Waals surface area contributed by atoms with Crippen molar-refractivity contribution < 1.29 is 4.42 Å². The fourth-order valence-corrected chi connectivity index (χ4v) is 1.63. The average Bonchev–Trinajstić information content (AvgIpc) is 2.70. The lowest BCUT2D eigenvalue weighted by Crippen LogP contribution is -2.15. The molecule has 1 unspecified atom stereocenters. The number of furan rings is 1. The van der Waals surface area contributed by atoms with E-state index in [1.54, 1.807) is 6.26 Å². The van der Waals surface area contributed by atoms with Crippen LogP contribution in [0.25, 0.3) is 0 Å². The third kappa shape index (κ3) is 5.60. The van der Waals surface area contributed by atoms with Crippen molar-refractivity contribution in [3.63, 3.8) is 0 Å².